The van der Waals surface area contributed by atoms with E-state index >= 15 is 0 Å². The van der Waals surface area contributed by atoms with E-state index in [4.69, 9.17) is 10.00 Å². The van der Waals surface area contributed by atoms with Gasteiger partial charge in [-0.3, -0.25) is 14.8 Å². The molecule has 2 N–H and O–H groups in total. The second-order valence-electron chi connectivity index (χ2n) is 7.25. The van der Waals surface area contributed by atoms with Crippen LogP contribution in [0.1, 0.15) is 30.4 Å². The molecule has 0 radical (unpaired) electrons. The third-order valence-electron chi connectivity index (χ3n) is 5.00. The Balaban J connectivity index is 1.37. The minimum absolute atomic E-state index is 0.127. The molecule has 0 amide bonds. The second-order valence-corrected chi connectivity index (χ2v) is 7.25. The number of H-pyrrole nitrogens is 1. The molecule has 1 unspecified atom stereocenters. The predicted octanol–water partition coefficient (Wildman–Crippen LogP) is 4.74. The van der Waals surface area contributed by atoms with Crippen molar-refractivity contribution in [3.63, 3.8) is 0 Å². The number of ether oxygens (including phenoxy) is 1. The van der Waals surface area contributed by atoms with Crippen LogP contribution in [0.3, 0.4) is 0 Å². The average molecular weight is 411 g/mol. The fraction of sp³-hybridized carbons (Fsp3) is 0.167. The minimum atomic E-state index is -0.267. The first-order valence-corrected chi connectivity index (χ1v) is 9.94. The summed E-state index contributed by atoms with van der Waals surface area (Å²) < 4.78 is 5.70. The van der Waals surface area contributed by atoms with Crippen molar-refractivity contribution in [2.24, 2.45) is 0 Å². The van der Waals surface area contributed by atoms with Crippen molar-refractivity contribution in [2.75, 3.05) is 5.32 Å². The van der Waals surface area contributed by atoms with Crippen LogP contribution in [-0.2, 0) is 6.54 Å². The zero-order valence-corrected chi connectivity index (χ0v) is 17.0. The molecular formula is C24H21N5O2. The van der Waals surface area contributed by atoms with Crippen LogP contribution in [0.25, 0.3) is 10.9 Å². The third-order valence-corrected chi connectivity index (χ3v) is 5.00. The monoisotopic (exact) mass is 411 g/mol. The Morgan fingerprint density at radius 2 is 1.90 bits per heavy atom. The first kappa shape index (κ1) is 20.1. The van der Waals surface area contributed by atoms with Crippen LogP contribution < -0.4 is 15.6 Å². The van der Waals surface area contributed by atoms with E-state index in [1.807, 2.05) is 48.5 Å². The standard InChI is InChI=1S/C24H21N5O2/c1-16(10-12-25)18-4-6-19(7-5-18)27-14-17-2-8-20(9-3-17)31-24-28-22-15-26-13-11-21(22)23(30)29-24/h2-9,11,13,15-16,27H,10,14H2,1H3,(H,28,29,30). The molecule has 2 aromatic carbocycles. The van der Waals surface area contributed by atoms with Gasteiger partial charge in [0.25, 0.3) is 5.56 Å². The van der Waals surface area contributed by atoms with E-state index in [1.165, 1.54) is 6.20 Å². The highest BCUT2D eigenvalue weighted by Crippen LogP contribution is 2.22. The number of nitrogens with one attached hydrogen (secondary N) is 2. The van der Waals surface area contributed by atoms with Gasteiger partial charge >= 0.3 is 6.01 Å². The van der Waals surface area contributed by atoms with Crippen LogP contribution in [0.5, 0.6) is 11.8 Å². The van der Waals surface area contributed by atoms with Crippen molar-refractivity contribution >= 4 is 16.6 Å². The molecule has 2 heterocycles. The fourth-order valence-corrected chi connectivity index (χ4v) is 3.19. The minimum Gasteiger partial charge on any atom is -0.426 e. The Morgan fingerprint density at radius 3 is 2.65 bits per heavy atom. The van der Waals surface area contributed by atoms with E-state index < -0.39 is 0 Å². The summed E-state index contributed by atoms with van der Waals surface area (Å²) in [5.74, 6) is 0.806. The number of benzene rings is 2. The molecule has 0 aliphatic carbocycles. The van der Waals surface area contributed by atoms with Gasteiger partial charge in [-0.2, -0.15) is 10.2 Å². The molecule has 31 heavy (non-hydrogen) atoms. The first-order valence-electron chi connectivity index (χ1n) is 9.94. The van der Waals surface area contributed by atoms with Crippen LogP contribution in [-0.4, -0.2) is 15.0 Å². The molecule has 0 aliphatic heterocycles. The maximum absolute atomic E-state index is 12.1. The van der Waals surface area contributed by atoms with Gasteiger partial charge in [0.2, 0.25) is 0 Å². The van der Waals surface area contributed by atoms with Gasteiger partial charge in [0.15, 0.2) is 0 Å². The van der Waals surface area contributed by atoms with Crippen molar-refractivity contribution in [3.05, 3.63) is 88.5 Å². The van der Waals surface area contributed by atoms with Gasteiger partial charge in [-0.15, -0.1) is 0 Å². The summed E-state index contributed by atoms with van der Waals surface area (Å²) in [5, 5.41) is 12.7. The van der Waals surface area contributed by atoms with Gasteiger partial charge in [0.05, 0.1) is 23.2 Å². The molecule has 0 saturated carbocycles. The smallest absolute Gasteiger partial charge is 0.302 e. The van der Waals surface area contributed by atoms with Crippen LogP contribution in [0.4, 0.5) is 5.69 Å². The zero-order valence-electron chi connectivity index (χ0n) is 17.0. The van der Waals surface area contributed by atoms with Gasteiger partial charge in [0, 0.05) is 24.8 Å². The third kappa shape index (κ3) is 4.87. The Hall–Kier alpha value is -4.18. The molecule has 154 valence electrons. The van der Waals surface area contributed by atoms with E-state index in [9.17, 15) is 4.79 Å². The Labute approximate surface area is 179 Å². The summed E-state index contributed by atoms with van der Waals surface area (Å²) >= 11 is 0. The molecule has 0 aliphatic rings. The van der Waals surface area contributed by atoms with E-state index in [-0.39, 0.29) is 17.5 Å². The normalized spacial score (nSPS) is 11.6. The van der Waals surface area contributed by atoms with Gasteiger partial charge in [-0.05, 0) is 47.4 Å². The van der Waals surface area contributed by atoms with Crippen molar-refractivity contribution in [1.29, 1.82) is 5.26 Å². The highest BCUT2D eigenvalue weighted by atomic mass is 16.5. The molecule has 0 bridgehead atoms. The number of nitrogens with zero attached hydrogens (tertiary/aromatic N) is 3. The van der Waals surface area contributed by atoms with Crippen LogP contribution in [0, 0.1) is 11.3 Å². The van der Waals surface area contributed by atoms with Gasteiger partial charge < -0.3 is 10.1 Å². The number of hydrogen-bond acceptors (Lipinski definition) is 6. The topological polar surface area (TPSA) is 104 Å². The zero-order chi connectivity index (χ0) is 21.6. The Kier molecular flexibility index (Phi) is 5.90. The number of rotatable bonds is 7. The molecule has 7 heteroatoms. The number of nitriles is 1. The van der Waals surface area contributed by atoms with Gasteiger partial charge in [-0.1, -0.05) is 31.2 Å². The number of anilines is 1. The lowest BCUT2D eigenvalue weighted by Crippen LogP contribution is -2.09. The highest BCUT2D eigenvalue weighted by molar-refractivity contribution is 5.76. The summed E-state index contributed by atoms with van der Waals surface area (Å²) in [7, 11) is 0. The molecule has 1 atom stereocenters. The van der Waals surface area contributed by atoms with Crippen LogP contribution in [0.15, 0.2) is 71.8 Å². The number of fused-ring (bicyclic) bond motifs is 1. The lowest BCUT2D eigenvalue weighted by atomic mass is 9.98. The molecule has 2 aromatic heterocycles. The molecule has 4 rings (SSSR count). The summed E-state index contributed by atoms with van der Waals surface area (Å²) in [6, 6.07) is 19.7. The molecule has 7 nitrogen and oxygen atoms in total. The van der Waals surface area contributed by atoms with Crippen molar-refractivity contribution in [2.45, 2.75) is 25.8 Å². The lowest BCUT2D eigenvalue weighted by Gasteiger charge is -2.11. The van der Waals surface area contributed by atoms with E-state index in [0.29, 0.717) is 29.6 Å². The van der Waals surface area contributed by atoms with Crippen molar-refractivity contribution in [1.82, 2.24) is 15.0 Å². The van der Waals surface area contributed by atoms with E-state index in [2.05, 4.69) is 33.3 Å². The summed E-state index contributed by atoms with van der Waals surface area (Å²) in [4.78, 5) is 23.0. The van der Waals surface area contributed by atoms with Crippen molar-refractivity contribution in [3.8, 4) is 17.8 Å². The average Bonchev–Trinajstić information content (AvgIpc) is 2.79. The number of aromatic nitrogens is 3. The molecular weight excluding hydrogens is 390 g/mol. The number of pyridine rings is 1. The SMILES string of the molecule is CC(CC#N)c1ccc(NCc2ccc(Oc3nc4cnccc4c(=O)[nH]3)cc2)cc1. The predicted molar refractivity (Wildman–Crippen MR) is 119 cm³/mol. The Morgan fingerprint density at radius 1 is 1.13 bits per heavy atom. The van der Waals surface area contributed by atoms with Crippen LogP contribution >= 0.6 is 0 Å². The molecule has 0 fully saturated rings. The first-order chi connectivity index (χ1) is 15.1. The maximum atomic E-state index is 12.1. The maximum Gasteiger partial charge on any atom is 0.302 e. The summed E-state index contributed by atoms with van der Waals surface area (Å²) in [6.45, 7) is 2.71. The van der Waals surface area contributed by atoms with Crippen LogP contribution in [0.2, 0.25) is 0 Å². The van der Waals surface area contributed by atoms with Gasteiger partial charge in [0.1, 0.15) is 5.75 Å². The second kappa shape index (κ2) is 9.09. The number of aromatic amines is 1. The molecule has 0 saturated heterocycles. The van der Waals surface area contributed by atoms with E-state index in [1.54, 1.807) is 12.3 Å². The van der Waals surface area contributed by atoms with Gasteiger partial charge in [-0.25, -0.2) is 0 Å². The molecule has 0 spiro atoms. The lowest BCUT2D eigenvalue weighted by molar-refractivity contribution is 0.442. The largest absolute Gasteiger partial charge is 0.426 e. The summed E-state index contributed by atoms with van der Waals surface area (Å²) in [5.41, 5.74) is 3.47. The fourth-order valence-electron chi connectivity index (χ4n) is 3.19. The van der Waals surface area contributed by atoms with E-state index in [0.717, 1.165) is 16.8 Å². The number of hydrogen-bond donors (Lipinski definition) is 2. The quantitative estimate of drug-likeness (QED) is 0.455. The highest BCUT2D eigenvalue weighted by Gasteiger charge is 2.07. The Bertz CT molecular complexity index is 1270. The summed E-state index contributed by atoms with van der Waals surface area (Å²) in [6.07, 6.45) is 3.60. The van der Waals surface area contributed by atoms with Crippen molar-refractivity contribution < 1.29 is 4.74 Å². The molecule has 4 aromatic rings.